The number of carbonyl (C=O) groups excluding carboxylic acids is 3. The van der Waals surface area contributed by atoms with E-state index in [1.807, 2.05) is 33.0 Å². The number of hydrogen-bond donors (Lipinski definition) is 3. The van der Waals surface area contributed by atoms with Gasteiger partial charge < -0.3 is 43.4 Å². The van der Waals surface area contributed by atoms with Gasteiger partial charge in [0.2, 0.25) is 35.0 Å². The van der Waals surface area contributed by atoms with Gasteiger partial charge in [0, 0.05) is 115 Å². The van der Waals surface area contributed by atoms with Gasteiger partial charge in [-0.05, 0) is 87.9 Å². The Morgan fingerprint density at radius 3 is 1.30 bits per heavy atom. The topological polar surface area (TPSA) is 278 Å². The molecule has 5 aromatic rings. The molecule has 3 N–H and O–H groups in total. The van der Waals surface area contributed by atoms with Gasteiger partial charge in [-0.2, -0.15) is 19.9 Å². The molecule has 0 amide bonds. The van der Waals surface area contributed by atoms with Crippen LogP contribution in [0, 0.1) is 54.6 Å². The number of Topliss-reactive ketones (excluding diaryl/α,β-unsaturated/α-hetero) is 3. The van der Waals surface area contributed by atoms with Crippen molar-refractivity contribution in [1.29, 1.82) is 0 Å². The van der Waals surface area contributed by atoms with Gasteiger partial charge in [-0.15, -0.1) is 0 Å². The molecule has 5 heterocycles. The number of hydroxylamine groups is 1. The Bertz CT molecular complexity index is 4240. The molecule has 1 unspecified atom stereocenters. The summed E-state index contributed by atoms with van der Waals surface area (Å²) in [6.45, 7) is 57.0. The van der Waals surface area contributed by atoms with Crippen molar-refractivity contribution in [1.82, 2.24) is 50.5 Å². The second-order valence-electron chi connectivity index (χ2n) is 34.9. The molecule has 0 radical (unpaired) electrons. The molecule has 13 atom stereocenters. The monoisotopic (exact) mass is 1430 g/mol. The number of nitrogens with one attached hydrogen (secondary N) is 1. The summed E-state index contributed by atoms with van der Waals surface area (Å²) < 4.78 is 33.8. The zero-order valence-electron chi connectivity index (χ0n) is 67.8. The van der Waals surface area contributed by atoms with Crippen LogP contribution in [0.25, 0.3) is 9.69 Å². The quantitative estimate of drug-likeness (QED) is 0.0652. The summed E-state index contributed by atoms with van der Waals surface area (Å²) in [6, 6.07) is -0.568. The largest absolute Gasteiger partial charge is 0.515 e. The van der Waals surface area contributed by atoms with Crippen LogP contribution in [0.5, 0.6) is 23.5 Å². The molecule has 22 nitrogen and oxygen atoms in total. The smallest absolute Gasteiger partial charge is 0.282 e. The van der Waals surface area contributed by atoms with Gasteiger partial charge in [0.15, 0.2) is 11.6 Å². The van der Waals surface area contributed by atoms with E-state index in [-0.39, 0.29) is 96.5 Å². The molecule has 564 valence electrons. The highest BCUT2D eigenvalue weighted by molar-refractivity contribution is 6.00. The van der Waals surface area contributed by atoms with Crippen molar-refractivity contribution < 1.29 is 49.5 Å². The first-order valence-corrected chi connectivity index (χ1v) is 36.6. The number of aliphatic hydroxyl groups is 1. The van der Waals surface area contributed by atoms with Crippen LogP contribution in [-0.2, 0) is 89.8 Å². The molecule has 8 aliphatic carbocycles. The summed E-state index contributed by atoms with van der Waals surface area (Å²) in [5.74, 6) is 7.95. The molecule has 2 saturated carbocycles. The van der Waals surface area contributed by atoms with E-state index < -0.39 is 11.5 Å². The molecule has 0 aliphatic heterocycles. The number of nitrogens with zero attached hydrogens (tertiary/aromatic N) is 11. The maximum Gasteiger partial charge on any atom is 0.282 e. The van der Waals surface area contributed by atoms with E-state index in [9.17, 15) is 19.5 Å². The minimum Gasteiger partial charge on any atom is -0.515 e. The van der Waals surface area contributed by atoms with Gasteiger partial charge in [0.1, 0.15) is 29.1 Å². The van der Waals surface area contributed by atoms with Crippen molar-refractivity contribution in [2.45, 2.75) is 272 Å². The Kier molecular flexibility index (Phi) is 23.1. The number of aromatic nitrogens is 9. The number of rotatable bonds is 4. The van der Waals surface area contributed by atoms with Crippen molar-refractivity contribution in [3.63, 3.8) is 0 Å². The fourth-order valence-corrected chi connectivity index (χ4v) is 18.2. The lowest BCUT2D eigenvalue weighted by Gasteiger charge is -2.48. The van der Waals surface area contributed by atoms with Crippen LogP contribution in [0.15, 0.2) is 34.3 Å². The molecule has 0 spiro atoms. The Morgan fingerprint density at radius 2 is 0.913 bits per heavy atom. The van der Waals surface area contributed by atoms with Crippen molar-refractivity contribution in [2.75, 3.05) is 35.5 Å². The predicted molar refractivity (Wildman–Crippen MR) is 400 cm³/mol. The highest BCUT2D eigenvalue weighted by Crippen LogP contribution is 2.58. The number of ether oxygens (including phenoxy) is 4. The van der Waals surface area contributed by atoms with Gasteiger partial charge in [0.25, 0.3) is 6.04 Å². The number of aliphatic hydroxyl groups excluding tert-OH is 1. The summed E-state index contributed by atoms with van der Waals surface area (Å²) in [5.41, 5.74) is 10.3. The molecule has 0 bridgehead atoms. The molecule has 0 aromatic carbocycles. The van der Waals surface area contributed by atoms with E-state index in [2.05, 4.69) is 148 Å². The average molecular weight is 1430 g/mol. The van der Waals surface area contributed by atoms with E-state index in [0.29, 0.717) is 47.9 Å². The van der Waals surface area contributed by atoms with E-state index in [1.165, 1.54) is 31.3 Å². The van der Waals surface area contributed by atoms with Gasteiger partial charge >= 0.3 is 0 Å². The summed E-state index contributed by atoms with van der Waals surface area (Å²) in [7, 11) is 9.33. The van der Waals surface area contributed by atoms with Crippen LogP contribution in [0.1, 0.15) is 271 Å². The van der Waals surface area contributed by atoms with E-state index in [4.69, 9.17) is 68.1 Å². The van der Waals surface area contributed by atoms with E-state index >= 15 is 0 Å². The maximum atomic E-state index is 12.5. The summed E-state index contributed by atoms with van der Waals surface area (Å²) in [4.78, 5) is 83.3. The Morgan fingerprint density at radius 1 is 0.558 bits per heavy atom. The highest BCUT2D eigenvalue weighted by Gasteiger charge is 2.58. The van der Waals surface area contributed by atoms with Gasteiger partial charge in [-0.1, -0.05) is 157 Å². The molecular weight excluding hydrogens is 1310 g/mol. The second-order valence-corrected chi connectivity index (χ2v) is 34.9. The van der Waals surface area contributed by atoms with Crippen LogP contribution in [0.2, 0.25) is 0 Å². The number of ketones is 3. The molecule has 5 aromatic heterocycles. The third-order valence-electron chi connectivity index (χ3n) is 23.8. The van der Waals surface area contributed by atoms with Crippen molar-refractivity contribution >= 4 is 17.3 Å². The Hall–Kier alpha value is -8.08. The van der Waals surface area contributed by atoms with Gasteiger partial charge in [-0.25, -0.2) is 36.8 Å². The second kappa shape index (κ2) is 30.1. The molecule has 22 heteroatoms. The van der Waals surface area contributed by atoms with Crippen molar-refractivity contribution in [3.05, 3.63) is 132 Å². The summed E-state index contributed by atoms with van der Waals surface area (Å²) >= 11 is 0. The lowest BCUT2D eigenvalue weighted by molar-refractivity contribution is -0.129. The lowest BCUT2D eigenvalue weighted by Crippen LogP contribution is -2.52. The van der Waals surface area contributed by atoms with Crippen LogP contribution < -0.4 is 24.4 Å². The number of methoxy groups -OCH3 is 4. The lowest BCUT2D eigenvalue weighted by atomic mass is 9.55. The first-order chi connectivity index (χ1) is 49.1. The number of allylic oxidation sites excluding steroid dienone is 3. The van der Waals surface area contributed by atoms with Crippen LogP contribution in [0.3, 0.4) is 0 Å². The first kappa shape index (κ1) is 80.0. The number of hydrogen-bond acceptors (Lipinski definition) is 20. The standard InChI is InChI=1S/2C20H27N3O2.C20H25N3O2.C20H28N2O3.CH5NO.CH4/c1-11-14-8-7-13-16(20(14,5)9-12-10-21-25-15(11)12)22-18(19(2,3)4)23-17(13)24-6;2*1-11-13-9-8-12-16(20(13,5)10-14(21-6)15(11)24)22-18(19(2,3)4)23-17(12)25-7;1-11-14-8-7-13-16(20(14,5)9-12(10-23)15(11)24)21-18(19(2,3)4)22-17(13)25-6;1-2-3;/h10-11,14H,7-9H2,1-6H3;11,13-14H,8-10H2,1-5,7H3;10-11,13H,8-9H2,1-5,7H3;10-11,14,23H,7-9H2,1-6H3;2-3H,1H3;1H4/b;;;12-10-;;/t11-,14-,20-;11-,13-,14?,20-;11-,13-,20-;11-,14-,20-;;/m0000../s1/i;;;;;1T. The van der Waals surface area contributed by atoms with E-state index in [0.717, 1.165) is 133 Å². The third-order valence-corrected chi connectivity index (χ3v) is 23.8. The molecule has 2 fully saturated rings. The van der Waals surface area contributed by atoms with Gasteiger partial charge in [-0.3, -0.25) is 9.59 Å². The van der Waals surface area contributed by atoms with E-state index in [1.54, 1.807) is 33.9 Å². The molecule has 0 saturated heterocycles. The zero-order valence-corrected chi connectivity index (χ0v) is 66.8. The van der Waals surface area contributed by atoms with Crippen LogP contribution in [0.4, 0.5) is 0 Å². The molecule has 104 heavy (non-hydrogen) atoms. The predicted octanol–water partition coefficient (Wildman–Crippen LogP) is 15.0. The molecule has 13 rings (SSSR count). The minimum absolute atomic E-state index is 0.0399. The van der Waals surface area contributed by atoms with Crippen molar-refractivity contribution in [2.24, 2.45) is 41.4 Å². The minimum atomic E-state index is -0.568. The van der Waals surface area contributed by atoms with Crippen molar-refractivity contribution in [3.8, 4) is 23.5 Å². The number of carbonyl (C=O) groups is 3. The fourth-order valence-electron chi connectivity index (χ4n) is 18.2. The third kappa shape index (κ3) is 14.6. The highest BCUT2D eigenvalue weighted by atomic mass is 16.5. The summed E-state index contributed by atoms with van der Waals surface area (Å²) in [6.07, 6.45) is 13.8. The van der Waals surface area contributed by atoms with Crippen LogP contribution in [-0.4, -0.2) is 114 Å². The number of fused-ring (bicyclic) bond motifs is 13. The zero-order chi connectivity index (χ0) is 78.4. The normalized spacial score (nSPS) is 28.9. The molecular formula is C82H116N12O10. The average Bonchev–Trinajstić information content (AvgIpc) is 1.33. The SMILES string of the molecule is CNO.COc1nc(C(C)(C)C)nc2c1CC[C@H]1[C@H](C)C(=O)/C(=C\O)C[C@]21C.COc1nc(C(C)(C)C)nc2c1CC[C@H]1[C@H](C)c3oncc3C[C@]21C.[3H]C.[C-]#[N+]C1=C[C@]2(C)c3nc(C(C)(C)C)nc(OC)c3CC[C@H]2[C@H](C)C1=O.[C-]#[N+]C1C[C@]2(C)c3nc(C(C)(C)C)nc(OC)c3CC[C@H]2[C@H](C)C1=O. The van der Waals surface area contributed by atoms with Gasteiger partial charge in [0.05, 0.1) is 70.2 Å². The van der Waals surface area contributed by atoms with Crippen LogP contribution >= 0.6 is 0 Å². The summed E-state index contributed by atoms with van der Waals surface area (Å²) in [5, 5.41) is 21.0. The maximum absolute atomic E-state index is 12.5. The first-order valence-electron chi connectivity index (χ1n) is 37.6. The Balaban J connectivity index is 0.000000173. The Labute approximate surface area is 619 Å². The fraction of sp³-hybridized carbons (Fsp3) is 0.659. The molecule has 8 aliphatic rings.